The standard InChI is InChI=1S/C47H40N4O/c1-47(2,3)36-25-26-48-46(28-36)51-42-24-21-35(34-15-8-5-9-16-34)27-41(42)40-23-22-39(30-45(40)51)52-38-18-12-17-37(29-38)50-32-49(31-33-13-6-4-7-14-33)43-19-10-11-20-44(43)50/h4-30H,31-32H2,1-3H3. The molecule has 6 aromatic carbocycles. The molecule has 5 nitrogen and oxygen atoms in total. The van der Waals surface area contributed by atoms with Crippen molar-refractivity contribution in [3.63, 3.8) is 0 Å². The number of aromatic nitrogens is 2. The number of anilines is 3. The highest BCUT2D eigenvalue weighted by Gasteiger charge is 2.27. The molecule has 0 radical (unpaired) electrons. The molecule has 0 atom stereocenters. The Morgan fingerprint density at radius 3 is 2.15 bits per heavy atom. The Kier molecular flexibility index (Phi) is 7.77. The van der Waals surface area contributed by atoms with Crippen molar-refractivity contribution in [1.29, 1.82) is 0 Å². The molecule has 0 amide bonds. The van der Waals surface area contributed by atoms with Gasteiger partial charge >= 0.3 is 0 Å². The third kappa shape index (κ3) is 5.84. The summed E-state index contributed by atoms with van der Waals surface area (Å²) >= 11 is 0. The van der Waals surface area contributed by atoms with Crippen LogP contribution in [0.4, 0.5) is 17.1 Å². The van der Waals surface area contributed by atoms with E-state index in [-0.39, 0.29) is 5.41 Å². The van der Waals surface area contributed by atoms with E-state index in [0.29, 0.717) is 0 Å². The van der Waals surface area contributed by atoms with Crippen LogP contribution in [-0.4, -0.2) is 16.2 Å². The Labute approximate surface area is 305 Å². The van der Waals surface area contributed by atoms with Crippen molar-refractivity contribution in [2.75, 3.05) is 16.5 Å². The van der Waals surface area contributed by atoms with Gasteiger partial charge in [-0.1, -0.05) is 106 Å². The molecule has 0 saturated heterocycles. The zero-order valence-corrected chi connectivity index (χ0v) is 29.7. The Balaban J connectivity index is 1.10. The Morgan fingerprint density at radius 1 is 0.596 bits per heavy atom. The van der Waals surface area contributed by atoms with E-state index < -0.39 is 0 Å². The fourth-order valence-corrected chi connectivity index (χ4v) is 7.42. The number of ether oxygens (including phenoxy) is 1. The smallest absolute Gasteiger partial charge is 0.137 e. The Hall–Kier alpha value is -6.33. The second-order valence-corrected chi connectivity index (χ2v) is 14.6. The topological polar surface area (TPSA) is 33.5 Å². The fourth-order valence-electron chi connectivity index (χ4n) is 7.42. The third-order valence-electron chi connectivity index (χ3n) is 10.1. The number of fused-ring (bicyclic) bond motifs is 4. The van der Waals surface area contributed by atoms with Gasteiger partial charge in [0.1, 0.15) is 17.3 Å². The summed E-state index contributed by atoms with van der Waals surface area (Å²) in [6.45, 7) is 8.33. The van der Waals surface area contributed by atoms with Crippen LogP contribution in [0.15, 0.2) is 164 Å². The maximum atomic E-state index is 6.68. The first-order valence-corrected chi connectivity index (χ1v) is 17.9. The Bertz CT molecular complexity index is 2550. The van der Waals surface area contributed by atoms with E-state index in [1.54, 1.807) is 0 Å². The van der Waals surface area contributed by atoms with Crippen LogP contribution in [0.25, 0.3) is 38.8 Å². The molecular formula is C47H40N4O. The second-order valence-electron chi connectivity index (χ2n) is 14.6. The summed E-state index contributed by atoms with van der Waals surface area (Å²) in [4.78, 5) is 9.70. The second kappa shape index (κ2) is 12.8. The maximum absolute atomic E-state index is 6.68. The summed E-state index contributed by atoms with van der Waals surface area (Å²) in [7, 11) is 0. The molecule has 9 rings (SSSR count). The van der Waals surface area contributed by atoms with E-state index in [9.17, 15) is 0 Å². The predicted octanol–water partition coefficient (Wildman–Crippen LogP) is 12.1. The molecule has 5 heteroatoms. The van der Waals surface area contributed by atoms with Crippen molar-refractivity contribution in [3.05, 3.63) is 175 Å². The lowest BCUT2D eigenvalue weighted by atomic mass is 9.88. The molecule has 0 spiro atoms. The van der Waals surface area contributed by atoms with Crippen LogP contribution in [0, 0.1) is 0 Å². The molecule has 52 heavy (non-hydrogen) atoms. The molecule has 2 aromatic heterocycles. The number of pyridine rings is 1. The quantitative estimate of drug-likeness (QED) is 0.168. The van der Waals surface area contributed by atoms with E-state index in [1.807, 2.05) is 12.3 Å². The number of hydrogen-bond acceptors (Lipinski definition) is 4. The van der Waals surface area contributed by atoms with Gasteiger partial charge < -0.3 is 14.5 Å². The van der Waals surface area contributed by atoms with Crippen LogP contribution in [0.5, 0.6) is 11.5 Å². The van der Waals surface area contributed by atoms with E-state index in [1.165, 1.54) is 39.0 Å². The minimum absolute atomic E-state index is 0.00928. The third-order valence-corrected chi connectivity index (χ3v) is 10.1. The van der Waals surface area contributed by atoms with Gasteiger partial charge in [0.25, 0.3) is 0 Å². The molecule has 0 unspecified atom stereocenters. The van der Waals surface area contributed by atoms with Gasteiger partial charge in [-0.2, -0.15) is 0 Å². The summed E-state index contributed by atoms with van der Waals surface area (Å²) in [5.41, 5.74) is 10.6. The number of benzene rings is 6. The summed E-state index contributed by atoms with van der Waals surface area (Å²) in [5.74, 6) is 2.46. The molecule has 1 aliphatic heterocycles. The molecular weight excluding hydrogens is 637 g/mol. The monoisotopic (exact) mass is 676 g/mol. The van der Waals surface area contributed by atoms with Gasteiger partial charge in [-0.25, -0.2) is 4.98 Å². The summed E-state index contributed by atoms with van der Waals surface area (Å²) in [5, 5.41) is 2.34. The van der Waals surface area contributed by atoms with Crippen LogP contribution >= 0.6 is 0 Å². The molecule has 3 heterocycles. The predicted molar refractivity (Wildman–Crippen MR) is 215 cm³/mol. The molecule has 8 aromatic rings. The lowest BCUT2D eigenvalue weighted by Crippen LogP contribution is -2.27. The van der Waals surface area contributed by atoms with Gasteiger partial charge in [-0.15, -0.1) is 0 Å². The molecule has 0 saturated carbocycles. The molecule has 0 aliphatic carbocycles. The average molecular weight is 677 g/mol. The first kappa shape index (κ1) is 31.6. The van der Waals surface area contributed by atoms with Crippen LogP contribution < -0.4 is 14.5 Å². The van der Waals surface area contributed by atoms with Crippen molar-refractivity contribution >= 4 is 38.9 Å². The van der Waals surface area contributed by atoms with E-state index >= 15 is 0 Å². The lowest BCUT2D eigenvalue weighted by Gasteiger charge is -2.22. The average Bonchev–Trinajstić information content (AvgIpc) is 3.70. The summed E-state index contributed by atoms with van der Waals surface area (Å²) in [6, 6.07) is 55.8. The summed E-state index contributed by atoms with van der Waals surface area (Å²) in [6.07, 6.45) is 1.93. The van der Waals surface area contributed by atoms with Crippen molar-refractivity contribution in [2.24, 2.45) is 0 Å². The van der Waals surface area contributed by atoms with Gasteiger partial charge in [-0.3, -0.25) is 4.57 Å². The van der Waals surface area contributed by atoms with Crippen molar-refractivity contribution < 1.29 is 4.74 Å². The summed E-state index contributed by atoms with van der Waals surface area (Å²) < 4.78 is 8.96. The minimum atomic E-state index is -0.00928. The van der Waals surface area contributed by atoms with Gasteiger partial charge in [-0.05, 0) is 88.3 Å². The SMILES string of the molecule is CC(C)(C)c1ccnc(-n2c3ccc(-c4ccccc4)cc3c3ccc(Oc4cccc(N5CN(Cc6ccccc6)c6ccccc65)c4)cc32)c1. The first-order chi connectivity index (χ1) is 25.4. The van der Waals surface area contributed by atoms with Gasteiger partial charge in [0, 0.05) is 41.3 Å². The molecule has 0 N–H and O–H groups in total. The van der Waals surface area contributed by atoms with E-state index in [0.717, 1.165) is 52.6 Å². The highest BCUT2D eigenvalue weighted by Crippen LogP contribution is 2.43. The normalized spacial score (nSPS) is 12.8. The first-order valence-electron chi connectivity index (χ1n) is 17.9. The number of hydrogen-bond donors (Lipinski definition) is 0. The zero-order valence-electron chi connectivity index (χ0n) is 29.7. The van der Waals surface area contributed by atoms with Crippen molar-refractivity contribution in [2.45, 2.75) is 32.7 Å². The van der Waals surface area contributed by atoms with Gasteiger partial charge in [0.2, 0.25) is 0 Å². The molecule has 254 valence electrons. The molecule has 0 bridgehead atoms. The zero-order chi connectivity index (χ0) is 35.2. The van der Waals surface area contributed by atoms with Crippen LogP contribution in [0.2, 0.25) is 0 Å². The van der Waals surface area contributed by atoms with Crippen LogP contribution in [0.3, 0.4) is 0 Å². The highest BCUT2D eigenvalue weighted by atomic mass is 16.5. The minimum Gasteiger partial charge on any atom is -0.457 e. The molecule has 0 fully saturated rings. The Morgan fingerprint density at radius 2 is 1.35 bits per heavy atom. The van der Waals surface area contributed by atoms with E-state index in [4.69, 9.17) is 9.72 Å². The van der Waals surface area contributed by atoms with Gasteiger partial charge in [0.15, 0.2) is 0 Å². The number of para-hydroxylation sites is 2. The number of nitrogens with zero attached hydrogens (tertiary/aromatic N) is 4. The van der Waals surface area contributed by atoms with Crippen molar-refractivity contribution in [1.82, 2.24) is 9.55 Å². The van der Waals surface area contributed by atoms with E-state index in [2.05, 4.69) is 187 Å². The van der Waals surface area contributed by atoms with Crippen LogP contribution in [-0.2, 0) is 12.0 Å². The maximum Gasteiger partial charge on any atom is 0.137 e. The highest BCUT2D eigenvalue weighted by molar-refractivity contribution is 6.10. The van der Waals surface area contributed by atoms with Crippen LogP contribution in [0.1, 0.15) is 31.9 Å². The number of rotatable bonds is 7. The lowest BCUT2D eigenvalue weighted by molar-refractivity contribution is 0.483. The van der Waals surface area contributed by atoms with Gasteiger partial charge in [0.05, 0.1) is 29.1 Å². The molecule has 1 aliphatic rings. The van der Waals surface area contributed by atoms with Crippen molar-refractivity contribution in [3.8, 4) is 28.4 Å². The fraction of sp³-hybridized carbons (Fsp3) is 0.128. The largest absolute Gasteiger partial charge is 0.457 e.